The van der Waals surface area contributed by atoms with Gasteiger partial charge in [0.1, 0.15) is 11.6 Å². The van der Waals surface area contributed by atoms with Gasteiger partial charge in [0.15, 0.2) is 5.82 Å². The van der Waals surface area contributed by atoms with Crippen molar-refractivity contribution in [1.82, 2.24) is 19.0 Å². The van der Waals surface area contributed by atoms with Crippen LogP contribution in [-0.4, -0.2) is 66.0 Å². The zero-order valence-electron chi connectivity index (χ0n) is 19.8. The molecule has 3 aromatic rings. The molecule has 9 nitrogen and oxygen atoms in total. The van der Waals surface area contributed by atoms with E-state index in [1.54, 1.807) is 12.1 Å². The van der Waals surface area contributed by atoms with Gasteiger partial charge in [-0.15, -0.1) is 0 Å². The summed E-state index contributed by atoms with van der Waals surface area (Å²) in [6.45, 7) is 5.67. The lowest BCUT2D eigenvalue weighted by Gasteiger charge is -2.33. The van der Waals surface area contributed by atoms with E-state index in [2.05, 4.69) is 30.3 Å². The number of aromatic nitrogens is 2. The summed E-state index contributed by atoms with van der Waals surface area (Å²) in [5, 5.41) is 16.5. The fraction of sp³-hybridized carbons (Fsp3) is 0.320. The van der Waals surface area contributed by atoms with Gasteiger partial charge in [0.05, 0.1) is 23.3 Å². The maximum absolute atomic E-state index is 13.0. The van der Waals surface area contributed by atoms with Crippen LogP contribution in [0.1, 0.15) is 30.9 Å². The molecule has 4 rings (SSSR count). The molecule has 1 saturated heterocycles. The number of anilines is 1. The molecule has 10 heteroatoms. The second kappa shape index (κ2) is 10.4. The molecule has 1 aliphatic heterocycles. The zero-order chi connectivity index (χ0) is 25.0. The van der Waals surface area contributed by atoms with Gasteiger partial charge >= 0.3 is 0 Å². The Kier molecular flexibility index (Phi) is 7.31. The van der Waals surface area contributed by atoms with E-state index in [1.807, 2.05) is 47.4 Å². The first kappa shape index (κ1) is 24.6. The molecule has 182 valence electrons. The van der Waals surface area contributed by atoms with E-state index in [9.17, 15) is 18.5 Å². The Labute approximate surface area is 205 Å². The molecule has 0 radical (unpaired) electrons. The molecule has 1 aliphatic rings. The number of nitriles is 1. The van der Waals surface area contributed by atoms with E-state index < -0.39 is 10.0 Å². The van der Waals surface area contributed by atoms with Crippen LogP contribution in [0.25, 0.3) is 5.69 Å². The second-order valence-corrected chi connectivity index (χ2v) is 10.7. The van der Waals surface area contributed by atoms with Crippen LogP contribution < -0.4 is 5.32 Å². The first-order valence-corrected chi connectivity index (χ1v) is 12.9. The quantitative estimate of drug-likeness (QED) is 0.543. The zero-order valence-corrected chi connectivity index (χ0v) is 20.6. The average Bonchev–Trinajstić information content (AvgIpc) is 3.27. The largest absolute Gasteiger partial charge is 0.308 e. The highest BCUT2D eigenvalue weighted by atomic mass is 32.2. The van der Waals surface area contributed by atoms with Crippen LogP contribution in [0.4, 0.5) is 5.82 Å². The van der Waals surface area contributed by atoms with Gasteiger partial charge in [-0.25, -0.2) is 13.1 Å². The molecule has 2 aromatic carbocycles. The Hall–Kier alpha value is -3.52. The predicted octanol–water partition coefficient (Wildman–Crippen LogP) is 2.81. The van der Waals surface area contributed by atoms with Crippen LogP contribution in [0, 0.1) is 11.3 Å². The number of sulfonamides is 1. The minimum absolute atomic E-state index is 0.0851. The summed E-state index contributed by atoms with van der Waals surface area (Å²) in [6.07, 6.45) is 1.42. The van der Waals surface area contributed by atoms with Gasteiger partial charge in [-0.3, -0.25) is 9.69 Å². The molecule has 0 atom stereocenters. The summed E-state index contributed by atoms with van der Waals surface area (Å²) in [7, 11) is -3.58. The van der Waals surface area contributed by atoms with Gasteiger partial charge < -0.3 is 5.32 Å². The fourth-order valence-electron chi connectivity index (χ4n) is 3.99. The summed E-state index contributed by atoms with van der Waals surface area (Å²) < 4.78 is 29.1. The molecule has 1 fully saturated rings. The SMILES string of the molecule is CC(C)c1ccc(S(=O)(=O)N2CCN(CC(=O)Nc3c(C#N)cnn3-c3ccccc3)CC2)cc1. The smallest absolute Gasteiger partial charge is 0.243 e. The number of para-hydroxylation sites is 1. The van der Waals surface area contributed by atoms with Crippen molar-refractivity contribution in [2.45, 2.75) is 24.7 Å². The lowest BCUT2D eigenvalue weighted by molar-refractivity contribution is -0.117. The van der Waals surface area contributed by atoms with Crippen LogP contribution in [0.15, 0.2) is 65.7 Å². The lowest BCUT2D eigenvalue weighted by atomic mass is 10.0. The maximum Gasteiger partial charge on any atom is 0.243 e. The Morgan fingerprint density at radius 2 is 1.71 bits per heavy atom. The highest BCUT2D eigenvalue weighted by Crippen LogP contribution is 2.22. The third-order valence-electron chi connectivity index (χ3n) is 6.03. The Bertz CT molecular complexity index is 1320. The molecule has 2 heterocycles. The minimum Gasteiger partial charge on any atom is -0.308 e. The molecule has 0 aliphatic carbocycles. The van der Waals surface area contributed by atoms with Crippen molar-refractivity contribution >= 4 is 21.7 Å². The molecule has 0 saturated carbocycles. The third-order valence-corrected chi connectivity index (χ3v) is 7.94. The molecular formula is C25H28N6O3S. The average molecular weight is 493 g/mol. The standard InChI is InChI=1S/C25H28N6O3S/c1-19(2)20-8-10-23(11-9-20)35(33,34)30-14-12-29(13-15-30)18-24(32)28-25-21(16-26)17-27-31(25)22-6-4-3-5-7-22/h3-11,17,19H,12-15,18H2,1-2H3,(H,28,32). The number of nitrogens with zero attached hydrogens (tertiary/aromatic N) is 5. The number of carbonyl (C=O) groups is 1. The number of piperazine rings is 1. The lowest BCUT2D eigenvalue weighted by Crippen LogP contribution is -2.50. The number of benzene rings is 2. The van der Waals surface area contributed by atoms with Gasteiger partial charge in [0.25, 0.3) is 0 Å². The normalized spacial score (nSPS) is 15.1. The molecule has 0 unspecified atom stereocenters. The Morgan fingerprint density at radius 1 is 1.06 bits per heavy atom. The fourth-order valence-corrected chi connectivity index (χ4v) is 5.41. The molecular weight excluding hydrogens is 464 g/mol. The summed E-state index contributed by atoms with van der Waals surface area (Å²) in [6, 6.07) is 18.3. The molecule has 1 N–H and O–H groups in total. The maximum atomic E-state index is 13.0. The van der Waals surface area contributed by atoms with Crippen LogP contribution in [0.5, 0.6) is 0 Å². The van der Waals surface area contributed by atoms with Crippen molar-refractivity contribution in [2.24, 2.45) is 0 Å². The minimum atomic E-state index is -3.58. The monoisotopic (exact) mass is 492 g/mol. The van der Waals surface area contributed by atoms with Gasteiger partial charge in [0, 0.05) is 26.2 Å². The molecule has 1 amide bonds. The van der Waals surface area contributed by atoms with Gasteiger partial charge in [-0.2, -0.15) is 14.7 Å². The number of hydrogen-bond acceptors (Lipinski definition) is 6. The van der Waals surface area contributed by atoms with E-state index in [0.717, 1.165) is 11.3 Å². The summed E-state index contributed by atoms with van der Waals surface area (Å²) in [4.78, 5) is 15.0. The van der Waals surface area contributed by atoms with Gasteiger partial charge in [-0.05, 0) is 35.7 Å². The van der Waals surface area contributed by atoms with Gasteiger partial charge in [0.2, 0.25) is 15.9 Å². The molecule has 1 aromatic heterocycles. The Morgan fingerprint density at radius 3 is 2.31 bits per heavy atom. The third kappa shape index (κ3) is 5.43. The van der Waals surface area contributed by atoms with Gasteiger partial charge in [-0.1, -0.05) is 44.2 Å². The van der Waals surface area contributed by atoms with Crippen molar-refractivity contribution in [2.75, 3.05) is 38.0 Å². The van der Waals surface area contributed by atoms with Crippen LogP contribution >= 0.6 is 0 Å². The van der Waals surface area contributed by atoms with E-state index in [0.29, 0.717) is 37.9 Å². The summed E-state index contributed by atoms with van der Waals surface area (Å²) >= 11 is 0. The first-order chi connectivity index (χ1) is 16.8. The number of rotatable bonds is 7. The van der Waals surface area contributed by atoms with Crippen LogP contribution in [-0.2, 0) is 14.8 Å². The second-order valence-electron chi connectivity index (χ2n) is 8.72. The molecule has 0 spiro atoms. The molecule has 0 bridgehead atoms. The number of carbonyl (C=O) groups excluding carboxylic acids is 1. The topological polar surface area (TPSA) is 111 Å². The van der Waals surface area contributed by atoms with Crippen LogP contribution in [0.3, 0.4) is 0 Å². The van der Waals surface area contributed by atoms with E-state index in [4.69, 9.17) is 0 Å². The first-order valence-electron chi connectivity index (χ1n) is 11.5. The van der Waals surface area contributed by atoms with Crippen molar-refractivity contribution in [3.63, 3.8) is 0 Å². The highest BCUT2D eigenvalue weighted by Gasteiger charge is 2.29. The number of amides is 1. The van der Waals surface area contributed by atoms with Crippen molar-refractivity contribution in [1.29, 1.82) is 5.26 Å². The van der Waals surface area contributed by atoms with Crippen molar-refractivity contribution in [3.8, 4) is 11.8 Å². The van der Waals surface area contributed by atoms with Crippen molar-refractivity contribution in [3.05, 3.63) is 71.9 Å². The van der Waals surface area contributed by atoms with E-state index in [1.165, 1.54) is 15.2 Å². The predicted molar refractivity (Wildman–Crippen MR) is 133 cm³/mol. The van der Waals surface area contributed by atoms with Crippen LogP contribution in [0.2, 0.25) is 0 Å². The number of hydrogen-bond donors (Lipinski definition) is 1. The highest BCUT2D eigenvalue weighted by molar-refractivity contribution is 7.89. The number of nitrogens with one attached hydrogen (secondary N) is 1. The summed E-state index contributed by atoms with van der Waals surface area (Å²) in [5.74, 6) is 0.353. The van der Waals surface area contributed by atoms with E-state index >= 15 is 0 Å². The van der Waals surface area contributed by atoms with Crippen molar-refractivity contribution < 1.29 is 13.2 Å². The Balaban J connectivity index is 1.37. The summed E-state index contributed by atoms with van der Waals surface area (Å²) in [5.41, 5.74) is 2.08. The molecule has 35 heavy (non-hydrogen) atoms. The van der Waals surface area contributed by atoms with E-state index in [-0.39, 0.29) is 22.9 Å².